The molecular formula is C15H20N7S+. The first-order valence-electron chi connectivity index (χ1n) is 8.46. The van der Waals surface area contributed by atoms with Crippen LogP contribution in [0.5, 0.6) is 0 Å². The smallest absolute Gasteiger partial charge is 0.276 e. The van der Waals surface area contributed by atoms with E-state index >= 15 is 0 Å². The van der Waals surface area contributed by atoms with Gasteiger partial charge in [-0.1, -0.05) is 5.10 Å². The van der Waals surface area contributed by atoms with Crippen molar-refractivity contribution < 1.29 is 4.90 Å². The van der Waals surface area contributed by atoms with Crippen molar-refractivity contribution in [3.05, 3.63) is 10.4 Å². The van der Waals surface area contributed by atoms with Gasteiger partial charge >= 0.3 is 0 Å². The number of anilines is 1. The monoisotopic (exact) mass is 330 g/mol. The molecule has 0 bridgehead atoms. The molecule has 0 aromatic carbocycles. The standard InChI is InChI=1S/C15H19N7S/c1-2-20-8-5-10-11(9-20)23-14-12(10)13(21-6-3-4-7-21)16-15-17-18-19-22(14)15/h2-9H2,1H3/p+1. The molecule has 1 saturated heterocycles. The number of nitrogens with zero attached hydrogens (tertiary/aromatic N) is 6. The van der Waals surface area contributed by atoms with E-state index in [0.717, 1.165) is 31.9 Å². The second-order valence-corrected chi connectivity index (χ2v) is 7.57. The SMILES string of the molecule is CC[NH+]1CCc2c(sc3c2c(N2CCCC2)nc2nnnn23)C1. The van der Waals surface area contributed by atoms with Gasteiger partial charge in [0, 0.05) is 19.5 Å². The average Bonchev–Trinajstić information content (AvgIpc) is 3.30. The predicted octanol–water partition coefficient (Wildman–Crippen LogP) is 0.295. The number of rotatable bonds is 2. The van der Waals surface area contributed by atoms with E-state index in [-0.39, 0.29) is 0 Å². The molecule has 5 heterocycles. The van der Waals surface area contributed by atoms with Crippen molar-refractivity contribution in [3.63, 3.8) is 0 Å². The highest BCUT2D eigenvalue weighted by Gasteiger charge is 2.29. The van der Waals surface area contributed by atoms with E-state index < -0.39 is 0 Å². The van der Waals surface area contributed by atoms with Crippen molar-refractivity contribution in [1.82, 2.24) is 25.0 Å². The molecule has 0 aliphatic carbocycles. The zero-order valence-electron chi connectivity index (χ0n) is 13.2. The lowest BCUT2D eigenvalue weighted by molar-refractivity contribution is -0.913. The molecule has 23 heavy (non-hydrogen) atoms. The molecule has 3 aromatic heterocycles. The Morgan fingerprint density at radius 3 is 2.96 bits per heavy atom. The number of thiophene rings is 1. The lowest BCUT2D eigenvalue weighted by Gasteiger charge is -2.23. The third-order valence-electron chi connectivity index (χ3n) is 5.19. The highest BCUT2D eigenvalue weighted by atomic mass is 32.1. The molecule has 1 atom stereocenters. The highest BCUT2D eigenvalue weighted by molar-refractivity contribution is 7.19. The summed E-state index contributed by atoms with van der Waals surface area (Å²) in [5.74, 6) is 1.73. The number of likely N-dealkylation sites (N-methyl/N-ethyl adjacent to an activating group) is 1. The molecule has 5 rings (SSSR count). The van der Waals surface area contributed by atoms with Crippen LogP contribution in [0.3, 0.4) is 0 Å². The fourth-order valence-electron chi connectivity index (χ4n) is 3.90. The number of hydrogen-bond donors (Lipinski definition) is 1. The Balaban J connectivity index is 1.79. The maximum Gasteiger partial charge on any atom is 0.276 e. The summed E-state index contributed by atoms with van der Waals surface area (Å²) >= 11 is 1.86. The van der Waals surface area contributed by atoms with E-state index in [0.29, 0.717) is 5.78 Å². The largest absolute Gasteiger partial charge is 0.356 e. The Hall–Kier alpha value is -1.80. The number of tetrazole rings is 1. The van der Waals surface area contributed by atoms with Crippen LogP contribution in [-0.2, 0) is 13.0 Å². The van der Waals surface area contributed by atoms with Crippen LogP contribution in [0.1, 0.15) is 30.2 Å². The van der Waals surface area contributed by atoms with Gasteiger partial charge in [0.05, 0.1) is 23.4 Å². The molecule has 0 saturated carbocycles. The van der Waals surface area contributed by atoms with Crippen LogP contribution in [0.4, 0.5) is 5.82 Å². The van der Waals surface area contributed by atoms with E-state index in [4.69, 9.17) is 4.98 Å². The van der Waals surface area contributed by atoms with Crippen LogP contribution in [0.25, 0.3) is 16.0 Å². The first-order chi connectivity index (χ1) is 11.3. The Morgan fingerprint density at radius 1 is 1.26 bits per heavy atom. The Morgan fingerprint density at radius 2 is 2.13 bits per heavy atom. The van der Waals surface area contributed by atoms with Gasteiger partial charge in [-0.3, -0.25) is 0 Å². The highest BCUT2D eigenvalue weighted by Crippen LogP contribution is 2.38. The number of fused-ring (bicyclic) bond motifs is 5. The second kappa shape index (κ2) is 5.10. The third kappa shape index (κ3) is 1.98. The molecule has 120 valence electrons. The minimum atomic E-state index is 0.623. The lowest BCUT2D eigenvalue weighted by atomic mass is 10.0. The van der Waals surface area contributed by atoms with Crippen molar-refractivity contribution in [1.29, 1.82) is 0 Å². The molecule has 1 fully saturated rings. The third-order valence-corrected chi connectivity index (χ3v) is 6.40. The van der Waals surface area contributed by atoms with Crippen LogP contribution in [0.2, 0.25) is 0 Å². The van der Waals surface area contributed by atoms with Crippen molar-refractivity contribution in [2.24, 2.45) is 0 Å². The molecule has 2 aliphatic rings. The van der Waals surface area contributed by atoms with Gasteiger partial charge in [0.15, 0.2) is 0 Å². The summed E-state index contributed by atoms with van der Waals surface area (Å²) in [6.45, 7) is 7.97. The van der Waals surface area contributed by atoms with Crippen LogP contribution in [-0.4, -0.2) is 51.2 Å². The number of aromatic nitrogens is 5. The average molecular weight is 330 g/mol. The molecule has 3 aromatic rings. The first kappa shape index (κ1) is 13.6. The molecule has 8 heteroatoms. The van der Waals surface area contributed by atoms with Gasteiger partial charge in [0.2, 0.25) is 0 Å². The number of nitrogens with one attached hydrogen (secondary N) is 1. The minimum absolute atomic E-state index is 0.623. The maximum absolute atomic E-state index is 4.82. The topological polar surface area (TPSA) is 63.7 Å². The molecular weight excluding hydrogens is 310 g/mol. The van der Waals surface area contributed by atoms with E-state index in [1.807, 2.05) is 15.9 Å². The van der Waals surface area contributed by atoms with Crippen molar-refractivity contribution in [2.45, 2.75) is 32.7 Å². The summed E-state index contributed by atoms with van der Waals surface area (Å²) in [5, 5.41) is 13.4. The van der Waals surface area contributed by atoms with Gasteiger partial charge in [-0.25, -0.2) is 0 Å². The van der Waals surface area contributed by atoms with Gasteiger partial charge in [0.1, 0.15) is 17.2 Å². The van der Waals surface area contributed by atoms with E-state index in [2.05, 4.69) is 27.3 Å². The van der Waals surface area contributed by atoms with E-state index in [1.54, 1.807) is 4.90 Å². The molecule has 1 N–H and O–H groups in total. The zero-order chi connectivity index (χ0) is 15.4. The summed E-state index contributed by atoms with van der Waals surface area (Å²) in [5.41, 5.74) is 1.49. The van der Waals surface area contributed by atoms with Crippen molar-refractivity contribution in [3.8, 4) is 0 Å². The van der Waals surface area contributed by atoms with Crippen LogP contribution in [0, 0.1) is 0 Å². The molecule has 1 unspecified atom stereocenters. The van der Waals surface area contributed by atoms with Gasteiger partial charge in [-0.2, -0.15) is 9.50 Å². The fraction of sp³-hybridized carbons (Fsp3) is 0.600. The van der Waals surface area contributed by atoms with Crippen molar-refractivity contribution >= 4 is 33.1 Å². The van der Waals surface area contributed by atoms with Gasteiger partial charge < -0.3 is 9.80 Å². The molecule has 0 radical (unpaired) electrons. The molecule has 7 nitrogen and oxygen atoms in total. The van der Waals surface area contributed by atoms with E-state index in [1.165, 1.54) is 46.6 Å². The minimum Gasteiger partial charge on any atom is -0.356 e. The van der Waals surface area contributed by atoms with Gasteiger partial charge in [-0.15, -0.1) is 11.3 Å². The molecule has 0 amide bonds. The van der Waals surface area contributed by atoms with Crippen LogP contribution in [0.15, 0.2) is 0 Å². The predicted molar refractivity (Wildman–Crippen MR) is 89.2 cm³/mol. The van der Waals surface area contributed by atoms with Crippen molar-refractivity contribution in [2.75, 3.05) is 31.1 Å². The maximum atomic E-state index is 4.82. The number of quaternary nitrogens is 1. The Kier molecular flexibility index (Phi) is 3.02. The van der Waals surface area contributed by atoms with Gasteiger partial charge in [0.25, 0.3) is 5.78 Å². The lowest BCUT2D eigenvalue weighted by Crippen LogP contribution is -3.11. The Bertz CT molecular complexity index is 877. The summed E-state index contributed by atoms with van der Waals surface area (Å²) < 4.78 is 1.82. The fourth-order valence-corrected chi connectivity index (χ4v) is 5.25. The molecule has 2 aliphatic heterocycles. The van der Waals surface area contributed by atoms with Crippen LogP contribution >= 0.6 is 11.3 Å². The van der Waals surface area contributed by atoms with E-state index in [9.17, 15) is 0 Å². The van der Waals surface area contributed by atoms with Gasteiger partial charge in [-0.05, 0) is 35.8 Å². The number of hydrogen-bond acceptors (Lipinski definition) is 6. The Labute approximate surface area is 137 Å². The summed E-state index contributed by atoms with van der Waals surface area (Å²) in [6.07, 6.45) is 3.63. The first-order valence-corrected chi connectivity index (χ1v) is 9.27. The normalized spacial score (nSPS) is 21.4. The summed E-state index contributed by atoms with van der Waals surface area (Å²) in [7, 11) is 0. The second-order valence-electron chi connectivity index (χ2n) is 6.48. The summed E-state index contributed by atoms with van der Waals surface area (Å²) in [6, 6.07) is 0. The molecule has 0 spiro atoms. The zero-order valence-corrected chi connectivity index (χ0v) is 14.1. The van der Waals surface area contributed by atoms with Crippen LogP contribution < -0.4 is 9.80 Å². The quantitative estimate of drug-likeness (QED) is 0.732. The summed E-state index contributed by atoms with van der Waals surface area (Å²) in [4.78, 5) is 11.6.